The van der Waals surface area contributed by atoms with Crippen LogP contribution in [0.15, 0.2) is 65.7 Å². The van der Waals surface area contributed by atoms with Crippen LogP contribution in [0.25, 0.3) is 11.1 Å². The molecule has 36 heavy (non-hydrogen) atoms. The molecule has 188 valence electrons. The zero-order valence-electron chi connectivity index (χ0n) is 20.0. The first-order chi connectivity index (χ1) is 17.3. The summed E-state index contributed by atoms with van der Waals surface area (Å²) in [5.41, 5.74) is 2.22. The maximum absolute atomic E-state index is 14.1. The topological polar surface area (TPSA) is 90.8 Å². The summed E-state index contributed by atoms with van der Waals surface area (Å²) in [4.78, 5) is 17.6. The molecule has 5 rings (SSSR count). The molecule has 0 spiro atoms. The van der Waals surface area contributed by atoms with Crippen LogP contribution in [0.1, 0.15) is 42.6 Å². The van der Waals surface area contributed by atoms with Crippen LogP contribution in [0.5, 0.6) is 0 Å². The van der Waals surface area contributed by atoms with Crippen molar-refractivity contribution in [2.75, 3.05) is 18.5 Å². The lowest BCUT2D eigenvalue weighted by atomic mass is 9.83. The zero-order valence-corrected chi connectivity index (χ0v) is 21.5. The van der Waals surface area contributed by atoms with Gasteiger partial charge in [-0.25, -0.2) is 18.2 Å². The van der Waals surface area contributed by atoms with Gasteiger partial charge in [0, 0.05) is 37.1 Å². The van der Waals surface area contributed by atoms with Crippen LogP contribution in [-0.2, 0) is 10.0 Å². The number of halogens is 1. The molecule has 1 N–H and O–H groups in total. The van der Waals surface area contributed by atoms with Gasteiger partial charge in [0.15, 0.2) is 0 Å². The van der Waals surface area contributed by atoms with Crippen LogP contribution in [0.3, 0.4) is 0 Å². The first-order valence-corrected chi connectivity index (χ1v) is 13.9. The number of benzene rings is 2. The number of fused-ring (bicyclic) bond motifs is 1. The van der Waals surface area contributed by atoms with Gasteiger partial charge in [0.05, 0.1) is 10.7 Å². The number of hydrogen-bond acceptors (Lipinski definition) is 5. The Morgan fingerprint density at radius 1 is 1.06 bits per heavy atom. The van der Waals surface area contributed by atoms with E-state index in [2.05, 4.69) is 9.88 Å². The maximum atomic E-state index is 14.1. The molecule has 0 saturated heterocycles. The number of carboxylic acids is 1. The number of carboxylic acid groups (broad SMARTS) is 1. The van der Waals surface area contributed by atoms with E-state index in [0.29, 0.717) is 28.4 Å². The van der Waals surface area contributed by atoms with Crippen molar-refractivity contribution in [1.82, 2.24) is 9.29 Å². The number of rotatable bonds is 4. The largest absolute Gasteiger partial charge is 0.477 e. The molecule has 9 heteroatoms. The SMILES string of the molecule is CN1[C@H](C2CCCCC2)CN(c2ccccc2)c2cc(Cl)c(-c3ccnc(C(=O)O)c3)cc2S1(=O)=O. The molecule has 0 unspecified atom stereocenters. The lowest BCUT2D eigenvalue weighted by molar-refractivity contribution is 0.0690. The minimum Gasteiger partial charge on any atom is -0.477 e. The molecule has 1 aromatic heterocycles. The van der Waals surface area contributed by atoms with Crippen LogP contribution in [0, 0.1) is 5.92 Å². The predicted octanol–water partition coefficient (Wildman–Crippen LogP) is 5.82. The molecule has 1 aliphatic heterocycles. The highest BCUT2D eigenvalue weighted by Crippen LogP contribution is 2.44. The average molecular weight is 526 g/mol. The Labute approximate surface area is 216 Å². The molecular weight excluding hydrogens is 498 g/mol. The number of anilines is 2. The second-order valence-corrected chi connectivity index (χ2v) is 11.8. The molecule has 1 aliphatic carbocycles. The number of para-hydroxylation sites is 1. The van der Waals surface area contributed by atoms with Gasteiger partial charge in [-0.3, -0.25) is 0 Å². The molecule has 7 nitrogen and oxygen atoms in total. The van der Waals surface area contributed by atoms with E-state index in [9.17, 15) is 18.3 Å². The van der Waals surface area contributed by atoms with Gasteiger partial charge in [-0.05, 0) is 60.7 Å². The Kier molecular flexibility index (Phi) is 6.76. The van der Waals surface area contributed by atoms with Crippen LogP contribution >= 0.6 is 11.6 Å². The van der Waals surface area contributed by atoms with Crippen molar-refractivity contribution in [1.29, 1.82) is 0 Å². The molecule has 0 amide bonds. The average Bonchev–Trinajstić information content (AvgIpc) is 2.97. The quantitative estimate of drug-likeness (QED) is 0.461. The Balaban J connectivity index is 1.70. The maximum Gasteiger partial charge on any atom is 0.354 e. The van der Waals surface area contributed by atoms with E-state index in [-0.39, 0.29) is 22.5 Å². The summed E-state index contributed by atoms with van der Waals surface area (Å²) in [5.74, 6) is -0.895. The number of pyridine rings is 1. The van der Waals surface area contributed by atoms with Crippen molar-refractivity contribution in [2.24, 2.45) is 5.92 Å². The van der Waals surface area contributed by atoms with Crippen molar-refractivity contribution in [3.05, 3.63) is 71.5 Å². The van der Waals surface area contributed by atoms with Crippen LogP contribution in [0.2, 0.25) is 5.02 Å². The van der Waals surface area contributed by atoms with Crippen LogP contribution in [-0.4, -0.2) is 48.4 Å². The third-order valence-corrected chi connectivity index (χ3v) is 9.61. The first-order valence-electron chi connectivity index (χ1n) is 12.1. The fraction of sp³-hybridized carbons (Fsp3) is 0.333. The summed E-state index contributed by atoms with van der Waals surface area (Å²) >= 11 is 6.75. The van der Waals surface area contributed by atoms with Crippen molar-refractivity contribution < 1.29 is 18.3 Å². The number of hydrogen-bond donors (Lipinski definition) is 1. The Bertz CT molecular complexity index is 1390. The number of likely N-dealkylation sites (N-methyl/N-ethyl adjacent to an activating group) is 1. The fourth-order valence-electron chi connectivity index (χ4n) is 5.45. The Morgan fingerprint density at radius 3 is 2.47 bits per heavy atom. The number of carbonyl (C=O) groups is 1. The van der Waals surface area contributed by atoms with E-state index < -0.39 is 16.0 Å². The van der Waals surface area contributed by atoms with Gasteiger partial charge >= 0.3 is 5.97 Å². The highest BCUT2D eigenvalue weighted by Gasteiger charge is 2.41. The van der Waals surface area contributed by atoms with E-state index in [4.69, 9.17) is 11.6 Å². The van der Waals surface area contributed by atoms with E-state index in [1.165, 1.54) is 23.0 Å². The number of aromatic nitrogens is 1. The van der Waals surface area contributed by atoms with Gasteiger partial charge in [0.2, 0.25) is 10.0 Å². The van der Waals surface area contributed by atoms with Gasteiger partial charge < -0.3 is 10.0 Å². The summed E-state index contributed by atoms with van der Waals surface area (Å²) in [6.45, 7) is 0.519. The molecule has 3 aromatic rings. The minimum absolute atomic E-state index is 0.137. The second-order valence-electron chi connectivity index (χ2n) is 9.47. The minimum atomic E-state index is -3.87. The molecule has 2 heterocycles. The molecule has 2 aromatic carbocycles. The highest BCUT2D eigenvalue weighted by atomic mass is 35.5. The molecule has 0 bridgehead atoms. The predicted molar refractivity (Wildman–Crippen MR) is 140 cm³/mol. The number of aromatic carboxylic acids is 1. The fourth-order valence-corrected chi connectivity index (χ4v) is 7.32. The van der Waals surface area contributed by atoms with Crippen LogP contribution in [0.4, 0.5) is 11.4 Å². The number of sulfonamides is 1. The lowest BCUT2D eigenvalue weighted by Gasteiger charge is -2.36. The number of nitrogens with zero attached hydrogens (tertiary/aromatic N) is 3. The van der Waals surface area contributed by atoms with Crippen molar-refractivity contribution >= 4 is 39.0 Å². The summed E-state index contributed by atoms with van der Waals surface area (Å²) < 4.78 is 29.7. The van der Waals surface area contributed by atoms with Crippen molar-refractivity contribution in [3.8, 4) is 11.1 Å². The highest BCUT2D eigenvalue weighted by molar-refractivity contribution is 7.89. The standard InChI is InChI=1S/C27H28ClN3O4S/c1-30-25(18-8-4-2-5-9-18)17-31(20-10-6-3-7-11-20)24-16-22(28)21(15-26(24)36(30,34)35)19-12-13-29-23(14-19)27(32)33/h3,6-7,10-16,18,25H,2,4-5,8-9,17H2,1H3,(H,32,33)/t25-/m0/s1. The van der Waals surface area contributed by atoms with Gasteiger partial charge in [-0.15, -0.1) is 0 Å². The third kappa shape index (κ3) is 4.49. The molecule has 0 radical (unpaired) electrons. The van der Waals surface area contributed by atoms with E-state index in [0.717, 1.165) is 31.4 Å². The van der Waals surface area contributed by atoms with E-state index in [1.54, 1.807) is 25.2 Å². The van der Waals surface area contributed by atoms with Gasteiger partial charge in [-0.2, -0.15) is 4.31 Å². The summed E-state index contributed by atoms with van der Waals surface area (Å²) in [6, 6.07) is 15.9. The second kappa shape index (κ2) is 9.84. The van der Waals surface area contributed by atoms with Crippen LogP contribution < -0.4 is 4.90 Å². The van der Waals surface area contributed by atoms with Crippen molar-refractivity contribution in [3.63, 3.8) is 0 Å². The molecular formula is C27H28ClN3O4S. The smallest absolute Gasteiger partial charge is 0.354 e. The van der Waals surface area contributed by atoms with E-state index >= 15 is 0 Å². The summed E-state index contributed by atoms with van der Waals surface area (Å²) in [7, 11) is -2.19. The normalized spacial score (nSPS) is 20.5. The summed E-state index contributed by atoms with van der Waals surface area (Å²) in [6.07, 6.45) is 6.80. The van der Waals surface area contributed by atoms with Gasteiger partial charge in [0.25, 0.3) is 0 Å². The molecule has 1 atom stereocenters. The van der Waals surface area contributed by atoms with E-state index in [1.807, 2.05) is 30.3 Å². The van der Waals surface area contributed by atoms with Crippen molar-refractivity contribution in [2.45, 2.75) is 43.0 Å². The lowest BCUT2D eigenvalue weighted by Crippen LogP contribution is -2.46. The molecule has 2 aliphatic rings. The first kappa shape index (κ1) is 24.7. The zero-order chi connectivity index (χ0) is 25.4. The monoisotopic (exact) mass is 525 g/mol. The molecule has 1 fully saturated rings. The Hall–Kier alpha value is -2.94. The molecule has 1 saturated carbocycles. The summed E-state index contributed by atoms with van der Waals surface area (Å²) in [5, 5.41) is 9.72. The third-order valence-electron chi connectivity index (χ3n) is 7.39. The Morgan fingerprint density at radius 2 is 1.78 bits per heavy atom. The van der Waals surface area contributed by atoms with Gasteiger partial charge in [0.1, 0.15) is 10.6 Å². The van der Waals surface area contributed by atoms with Gasteiger partial charge in [-0.1, -0.05) is 49.1 Å².